The number of unbranched alkanes of at least 4 members (excludes halogenated alkanes) is 1. The minimum Gasteiger partial charge on any atom is -0.545 e. The summed E-state index contributed by atoms with van der Waals surface area (Å²) in [5, 5.41) is 14.3. The first kappa shape index (κ1) is 24.0. The van der Waals surface area contributed by atoms with Gasteiger partial charge >= 0.3 is 51.4 Å². The van der Waals surface area contributed by atoms with Crippen molar-refractivity contribution >= 4 is 17.7 Å². The molecule has 1 aliphatic rings. The number of carboxylic acid groups (broad SMARTS) is 1. The summed E-state index contributed by atoms with van der Waals surface area (Å²) in [6.07, 6.45) is 5.92. The molecule has 24 heavy (non-hydrogen) atoms. The van der Waals surface area contributed by atoms with E-state index in [1.807, 2.05) is 13.8 Å². The van der Waals surface area contributed by atoms with Crippen molar-refractivity contribution in [3.63, 3.8) is 0 Å². The zero-order valence-corrected chi connectivity index (χ0v) is 19.0. The Kier molecular flexibility index (Phi) is 11.6. The van der Waals surface area contributed by atoms with Crippen molar-refractivity contribution in [1.29, 1.82) is 0 Å². The van der Waals surface area contributed by atoms with Crippen molar-refractivity contribution in [2.24, 2.45) is 4.99 Å². The first-order chi connectivity index (χ1) is 11.0. The van der Waals surface area contributed by atoms with E-state index in [1.165, 1.54) is 0 Å². The predicted octanol–water partition coefficient (Wildman–Crippen LogP) is -0.496. The quantitative estimate of drug-likeness (QED) is 0.421. The monoisotopic (exact) mass is 360 g/mol. The van der Waals surface area contributed by atoms with E-state index in [1.54, 1.807) is 6.92 Å². The molecule has 0 radical (unpaired) electrons. The third kappa shape index (κ3) is 5.76. The second kappa shape index (κ2) is 11.6. The zero-order valence-electron chi connectivity index (χ0n) is 15.8. The number of carbonyl (C=O) groups is 2. The van der Waals surface area contributed by atoms with Crippen LogP contribution >= 0.6 is 0 Å². The fourth-order valence-corrected chi connectivity index (χ4v) is 3.15. The van der Waals surface area contributed by atoms with Gasteiger partial charge in [-0.25, -0.2) is 0 Å². The van der Waals surface area contributed by atoms with Crippen molar-refractivity contribution in [1.82, 2.24) is 5.32 Å². The number of hydrogen-bond donors (Lipinski definition) is 1. The minimum atomic E-state index is -1.17. The molecule has 0 saturated heterocycles. The Bertz CT molecular complexity index is 514. The molecule has 1 unspecified atom stereocenters. The first-order valence-corrected chi connectivity index (χ1v) is 8.80. The SMILES string of the molecule is CCCCC1(CCC)N=C(C(CCC)=C(CC)C(=O)[O-])NC1=O.[K+]. The third-order valence-electron chi connectivity index (χ3n) is 4.34. The van der Waals surface area contributed by atoms with Gasteiger partial charge in [-0.1, -0.05) is 53.4 Å². The molecule has 0 aromatic carbocycles. The number of carbonyl (C=O) groups excluding carboxylic acids is 2. The Labute approximate surface area is 188 Å². The number of nitrogens with zero attached hydrogens (tertiary/aromatic N) is 1. The van der Waals surface area contributed by atoms with E-state index in [9.17, 15) is 14.7 Å². The molecule has 0 spiro atoms. The molecule has 1 N–H and O–H groups in total. The van der Waals surface area contributed by atoms with Gasteiger partial charge in [0.2, 0.25) is 0 Å². The normalized spacial score (nSPS) is 20.8. The molecule has 0 saturated carbocycles. The first-order valence-electron chi connectivity index (χ1n) is 8.80. The molecule has 0 fully saturated rings. The molecule has 130 valence electrons. The van der Waals surface area contributed by atoms with Gasteiger partial charge in [-0.2, -0.15) is 0 Å². The number of aliphatic carboxylic acids is 1. The Morgan fingerprint density at radius 2 is 1.79 bits per heavy atom. The van der Waals surface area contributed by atoms with Gasteiger partial charge in [0.15, 0.2) is 0 Å². The minimum absolute atomic E-state index is 0. The standard InChI is InChI=1S/C18H30N2O3.K/c1-5-9-12-18(11-7-3)17(23)19-15(20-18)14(10-6-2)13(8-4)16(21)22;/h5-12H2,1-4H3,(H,21,22)(H,19,20,23);/q;+1/p-1. The molecule has 0 aromatic heterocycles. The molecule has 1 amide bonds. The molecule has 1 aliphatic heterocycles. The summed E-state index contributed by atoms with van der Waals surface area (Å²) >= 11 is 0. The van der Waals surface area contributed by atoms with Crippen molar-refractivity contribution < 1.29 is 66.1 Å². The van der Waals surface area contributed by atoms with E-state index >= 15 is 0 Å². The number of rotatable bonds is 10. The van der Waals surface area contributed by atoms with E-state index in [4.69, 9.17) is 4.99 Å². The average Bonchev–Trinajstić information content (AvgIpc) is 2.82. The van der Waals surface area contributed by atoms with Gasteiger partial charge in [-0.05, 0) is 36.8 Å². The van der Waals surface area contributed by atoms with Crippen LogP contribution in [0.5, 0.6) is 0 Å². The molecular formula is C18H29KN2O3. The molecule has 1 heterocycles. The molecular weight excluding hydrogens is 331 g/mol. The van der Waals surface area contributed by atoms with Crippen molar-refractivity contribution in [3.05, 3.63) is 11.1 Å². The predicted molar refractivity (Wildman–Crippen MR) is 90.0 cm³/mol. The molecule has 5 nitrogen and oxygen atoms in total. The van der Waals surface area contributed by atoms with Crippen LogP contribution < -0.4 is 61.8 Å². The maximum atomic E-state index is 12.6. The Balaban J connectivity index is 0.00000529. The summed E-state index contributed by atoms with van der Waals surface area (Å²) in [6.45, 7) is 7.89. The van der Waals surface area contributed by atoms with Crippen LogP contribution in [-0.2, 0) is 9.59 Å². The smallest absolute Gasteiger partial charge is 0.545 e. The Morgan fingerprint density at radius 3 is 2.25 bits per heavy atom. The van der Waals surface area contributed by atoms with Crippen LogP contribution in [0.15, 0.2) is 16.1 Å². The van der Waals surface area contributed by atoms with Gasteiger partial charge < -0.3 is 15.2 Å². The van der Waals surface area contributed by atoms with E-state index in [0.717, 1.165) is 25.7 Å². The van der Waals surface area contributed by atoms with Crippen LogP contribution in [0.4, 0.5) is 0 Å². The second-order valence-electron chi connectivity index (χ2n) is 6.15. The van der Waals surface area contributed by atoms with Gasteiger partial charge in [0.05, 0.1) is 5.97 Å². The zero-order chi connectivity index (χ0) is 17.5. The number of aliphatic imine (C=N–C) groups is 1. The number of carboxylic acids is 1. The van der Waals surface area contributed by atoms with Crippen LogP contribution in [0.1, 0.15) is 79.1 Å². The van der Waals surface area contributed by atoms with Gasteiger partial charge in [-0.3, -0.25) is 9.79 Å². The molecule has 1 atom stereocenters. The van der Waals surface area contributed by atoms with Gasteiger partial charge in [0.1, 0.15) is 11.4 Å². The third-order valence-corrected chi connectivity index (χ3v) is 4.34. The molecule has 0 bridgehead atoms. The van der Waals surface area contributed by atoms with Crippen LogP contribution in [0.3, 0.4) is 0 Å². The van der Waals surface area contributed by atoms with Gasteiger partial charge in [-0.15, -0.1) is 0 Å². The summed E-state index contributed by atoms with van der Waals surface area (Å²) < 4.78 is 0. The summed E-state index contributed by atoms with van der Waals surface area (Å²) in [5.41, 5.74) is 0.135. The van der Waals surface area contributed by atoms with Crippen molar-refractivity contribution in [2.45, 2.75) is 84.6 Å². The van der Waals surface area contributed by atoms with Crippen LogP contribution in [0.25, 0.3) is 0 Å². The Hall–Kier alpha value is -0.0136. The maximum Gasteiger partial charge on any atom is 1.00 e. The summed E-state index contributed by atoms with van der Waals surface area (Å²) in [6, 6.07) is 0. The maximum absolute atomic E-state index is 12.6. The fourth-order valence-electron chi connectivity index (χ4n) is 3.15. The summed E-state index contributed by atoms with van der Waals surface area (Å²) in [4.78, 5) is 28.7. The van der Waals surface area contributed by atoms with E-state index in [-0.39, 0.29) is 62.9 Å². The topological polar surface area (TPSA) is 81.6 Å². The fraction of sp³-hybridized carbons (Fsp3) is 0.722. The largest absolute Gasteiger partial charge is 1.00 e. The van der Waals surface area contributed by atoms with E-state index in [0.29, 0.717) is 37.1 Å². The molecule has 0 aromatic rings. The molecule has 0 aliphatic carbocycles. The number of hydrogen-bond acceptors (Lipinski definition) is 4. The number of amides is 1. The average molecular weight is 361 g/mol. The second-order valence-corrected chi connectivity index (χ2v) is 6.15. The van der Waals surface area contributed by atoms with Gasteiger partial charge in [0, 0.05) is 0 Å². The van der Waals surface area contributed by atoms with Gasteiger partial charge in [0.25, 0.3) is 5.91 Å². The van der Waals surface area contributed by atoms with E-state index in [2.05, 4.69) is 12.2 Å². The van der Waals surface area contributed by atoms with Crippen molar-refractivity contribution in [3.8, 4) is 0 Å². The van der Waals surface area contributed by atoms with E-state index < -0.39 is 11.5 Å². The summed E-state index contributed by atoms with van der Waals surface area (Å²) in [5.74, 6) is -0.817. The van der Waals surface area contributed by atoms with Crippen LogP contribution in [0.2, 0.25) is 0 Å². The van der Waals surface area contributed by atoms with Crippen molar-refractivity contribution in [2.75, 3.05) is 0 Å². The van der Waals surface area contributed by atoms with Crippen LogP contribution in [0, 0.1) is 0 Å². The molecule has 6 heteroatoms. The molecule has 1 rings (SSSR count). The number of nitrogens with one attached hydrogen (secondary N) is 1. The number of amidine groups is 1. The summed E-state index contributed by atoms with van der Waals surface area (Å²) in [7, 11) is 0. The van der Waals surface area contributed by atoms with Crippen LogP contribution in [-0.4, -0.2) is 23.3 Å². The Morgan fingerprint density at radius 1 is 1.12 bits per heavy atom.